The van der Waals surface area contributed by atoms with Gasteiger partial charge in [0.2, 0.25) is 0 Å². The van der Waals surface area contributed by atoms with Gasteiger partial charge in [-0.05, 0) is 12.1 Å². The Morgan fingerprint density at radius 3 is 2.76 bits per heavy atom. The van der Waals surface area contributed by atoms with Crippen molar-refractivity contribution >= 4 is 33.0 Å². The summed E-state index contributed by atoms with van der Waals surface area (Å²) in [7, 11) is 1.34. The van der Waals surface area contributed by atoms with E-state index in [1.807, 2.05) is 19.9 Å². The van der Waals surface area contributed by atoms with Crippen LogP contribution < -0.4 is 0 Å². The molecule has 1 aromatic heterocycles. The van der Waals surface area contributed by atoms with Crippen LogP contribution in [0.4, 0.5) is 0 Å². The van der Waals surface area contributed by atoms with Gasteiger partial charge >= 0.3 is 5.97 Å². The number of methoxy groups -OCH3 is 1. The van der Waals surface area contributed by atoms with Crippen LogP contribution in [0.15, 0.2) is 21.0 Å². The van der Waals surface area contributed by atoms with Crippen LogP contribution in [0.3, 0.4) is 0 Å². The van der Waals surface area contributed by atoms with Crippen molar-refractivity contribution in [1.82, 2.24) is 4.98 Å². The maximum absolute atomic E-state index is 11.6. The number of carbonyl (C=O) groups is 1. The lowest BCUT2D eigenvalue weighted by Crippen LogP contribution is -2.01. The van der Waals surface area contributed by atoms with E-state index in [0.717, 1.165) is 4.47 Å². The van der Waals surface area contributed by atoms with E-state index in [2.05, 4.69) is 20.9 Å². The van der Waals surface area contributed by atoms with E-state index in [-0.39, 0.29) is 5.92 Å². The van der Waals surface area contributed by atoms with Crippen molar-refractivity contribution in [3.05, 3.63) is 28.1 Å². The van der Waals surface area contributed by atoms with Crippen molar-refractivity contribution in [3.8, 4) is 0 Å². The first-order chi connectivity index (χ1) is 8.02. The van der Waals surface area contributed by atoms with Crippen molar-refractivity contribution in [2.24, 2.45) is 0 Å². The van der Waals surface area contributed by atoms with Crippen LogP contribution in [-0.4, -0.2) is 18.1 Å². The molecule has 2 rings (SSSR count). The Kier molecular flexibility index (Phi) is 3.19. The molecule has 0 fully saturated rings. The number of fused-ring (bicyclic) bond motifs is 1. The third-order valence-electron chi connectivity index (χ3n) is 2.37. The summed E-state index contributed by atoms with van der Waals surface area (Å²) in [6.45, 7) is 3.97. The number of esters is 1. The molecule has 1 heterocycles. The fourth-order valence-corrected chi connectivity index (χ4v) is 1.97. The fraction of sp³-hybridized carbons (Fsp3) is 0.333. The Hall–Kier alpha value is -1.36. The number of oxazole rings is 1. The highest BCUT2D eigenvalue weighted by Gasteiger charge is 2.18. The van der Waals surface area contributed by atoms with Gasteiger partial charge in [0.05, 0.1) is 7.11 Å². The zero-order valence-corrected chi connectivity index (χ0v) is 11.4. The number of carbonyl (C=O) groups excluding carboxylic acids is 1. The van der Waals surface area contributed by atoms with Gasteiger partial charge in [0.25, 0.3) is 0 Å². The topological polar surface area (TPSA) is 52.3 Å². The number of benzene rings is 1. The molecule has 2 aromatic rings. The van der Waals surface area contributed by atoms with Gasteiger partial charge in [0.1, 0.15) is 11.1 Å². The van der Waals surface area contributed by atoms with E-state index in [0.29, 0.717) is 22.6 Å². The average molecular weight is 298 g/mol. The zero-order valence-electron chi connectivity index (χ0n) is 9.78. The fourth-order valence-electron chi connectivity index (χ4n) is 1.52. The molecule has 0 saturated heterocycles. The van der Waals surface area contributed by atoms with Gasteiger partial charge in [-0.1, -0.05) is 29.8 Å². The molecule has 0 aliphatic carbocycles. The molecule has 0 N–H and O–H groups in total. The molecule has 0 atom stereocenters. The second kappa shape index (κ2) is 4.49. The minimum absolute atomic E-state index is 0.173. The quantitative estimate of drug-likeness (QED) is 0.796. The average Bonchev–Trinajstić information content (AvgIpc) is 2.70. The standard InChI is InChI=1S/C12H12BrNO3/c1-6(2)11-14-9-5-7(13)4-8(10(9)17-11)12(15)16-3/h4-6H,1-3H3. The summed E-state index contributed by atoms with van der Waals surface area (Å²) in [6.07, 6.45) is 0. The summed E-state index contributed by atoms with van der Waals surface area (Å²) in [5.41, 5.74) is 1.52. The van der Waals surface area contributed by atoms with Gasteiger partial charge in [0.15, 0.2) is 11.5 Å². The molecule has 0 aliphatic rings. The Morgan fingerprint density at radius 2 is 2.18 bits per heavy atom. The number of rotatable bonds is 2. The molecular weight excluding hydrogens is 286 g/mol. The Morgan fingerprint density at radius 1 is 1.47 bits per heavy atom. The molecule has 0 aliphatic heterocycles. The normalized spacial score (nSPS) is 11.1. The highest BCUT2D eigenvalue weighted by Crippen LogP contribution is 2.28. The number of nitrogens with zero attached hydrogens (tertiary/aromatic N) is 1. The van der Waals surface area contributed by atoms with Crippen molar-refractivity contribution in [2.45, 2.75) is 19.8 Å². The summed E-state index contributed by atoms with van der Waals surface area (Å²) in [5.74, 6) is 0.359. The molecule has 0 unspecified atom stereocenters. The largest absolute Gasteiger partial charge is 0.465 e. The first kappa shape index (κ1) is 12.1. The van der Waals surface area contributed by atoms with Crippen LogP contribution in [0.5, 0.6) is 0 Å². The van der Waals surface area contributed by atoms with E-state index >= 15 is 0 Å². The van der Waals surface area contributed by atoms with Gasteiger partial charge in [0, 0.05) is 10.4 Å². The van der Waals surface area contributed by atoms with Gasteiger partial charge < -0.3 is 9.15 Å². The minimum Gasteiger partial charge on any atom is -0.465 e. The first-order valence-electron chi connectivity index (χ1n) is 5.21. The lowest BCUT2D eigenvalue weighted by atomic mass is 10.2. The first-order valence-corrected chi connectivity index (χ1v) is 6.00. The van der Waals surface area contributed by atoms with Crippen LogP contribution in [0, 0.1) is 0 Å². The zero-order chi connectivity index (χ0) is 12.6. The molecule has 0 amide bonds. The number of aromatic nitrogens is 1. The highest BCUT2D eigenvalue weighted by atomic mass is 79.9. The summed E-state index contributed by atoms with van der Waals surface area (Å²) in [5, 5.41) is 0. The number of hydrogen-bond donors (Lipinski definition) is 0. The summed E-state index contributed by atoms with van der Waals surface area (Å²) in [6, 6.07) is 3.49. The second-order valence-electron chi connectivity index (χ2n) is 4.00. The third-order valence-corrected chi connectivity index (χ3v) is 2.83. The minimum atomic E-state index is -0.428. The van der Waals surface area contributed by atoms with Crippen molar-refractivity contribution in [1.29, 1.82) is 0 Å². The number of halogens is 1. The SMILES string of the molecule is COC(=O)c1cc(Br)cc2nc(C(C)C)oc12. The van der Waals surface area contributed by atoms with Gasteiger partial charge in [-0.2, -0.15) is 0 Å². The van der Waals surface area contributed by atoms with Crippen LogP contribution >= 0.6 is 15.9 Å². The highest BCUT2D eigenvalue weighted by molar-refractivity contribution is 9.10. The van der Waals surface area contributed by atoms with Crippen molar-refractivity contribution in [3.63, 3.8) is 0 Å². The summed E-state index contributed by atoms with van der Waals surface area (Å²) < 4.78 is 11.1. The summed E-state index contributed by atoms with van der Waals surface area (Å²) in [4.78, 5) is 16.0. The Bertz CT molecular complexity index is 574. The molecule has 0 saturated carbocycles. The van der Waals surface area contributed by atoms with Crippen molar-refractivity contribution < 1.29 is 13.9 Å². The van der Waals surface area contributed by atoms with Crippen LogP contribution in [-0.2, 0) is 4.74 Å². The van der Waals surface area contributed by atoms with Gasteiger partial charge in [-0.3, -0.25) is 0 Å². The van der Waals surface area contributed by atoms with Crippen LogP contribution in [0.1, 0.15) is 36.0 Å². The van der Waals surface area contributed by atoms with Crippen LogP contribution in [0.2, 0.25) is 0 Å². The maximum atomic E-state index is 11.6. The smallest absolute Gasteiger partial charge is 0.341 e. The molecule has 0 radical (unpaired) electrons. The molecule has 0 bridgehead atoms. The molecule has 90 valence electrons. The number of ether oxygens (including phenoxy) is 1. The van der Waals surface area contributed by atoms with E-state index < -0.39 is 5.97 Å². The predicted molar refractivity (Wildman–Crippen MR) is 67.1 cm³/mol. The van der Waals surface area contributed by atoms with Crippen molar-refractivity contribution in [2.75, 3.05) is 7.11 Å². The lowest BCUT2D eigenvalue weighted by Gasteiger charge is -2.00. The molecule has 5 heteroatoms. The Balaban J connectivity index is 2.69. The second-order valence-corrected chi connectivity index (χ2v) is 4.92. The lowest BCUT2D eigenvalue weighted by molar-refractivity contribution is 0.0601. The van der Waals surface area contributed by atoms with E-state index in [1.165, 1.54) is 7.11 Å². The van der Waals surface area contributed by atoms with Gasteiger partial charge in [-0.25, -0.2) is 9.78 Å². The van der Waals surface area contributed by atoms with E-state index in [9.17, 15) is 4.79 Å². The molecular formula is C12H12BrNO3. The van der Waals surface area contributed by atoms with E-state index in [1.54, 1.807) is 6.07 Å². The maximum Gasteiger partial charge on any atom is 0.341 e. The Labute approximate surface area is 107 Å². The molecule has 1 aromatic carbocycles. The molecule has 17 heavy (non-hydrogen) atoms. The van der Waals surface area contributed by atoms with E-state index in [4.69, 9.17) is 9.15 Å². The molecule has 0 spiro atoms. The third kappa shape index (κ3) is 2.20. The monoisotopic (exact) mass is 297 g/mol. The summed E-state index contributed by atoms with van der Waals surface area (Å²) >= 11 is 3.34. The predicted octanol–water partition coefficient (Wildman–Crippen LogP) is 3.50. The number of hydrogen-bond acceptors (Lipinski definition) is 4. The molecule has 4 nitrogen and oxygen atoms in total. The van der Waals surface area contributed by atoms with Gasteiger partial charge in [-0.15, -0.1) is 0 Å². The van der Waals surface area contributed by atoms with Crippen LogP contribution in [0.25, 0.3) is 11.1 Å².